The fourth-order valence-corrected chi connectivity index (χ4v) is 3.25. The summed E-state index contributed by atoms with van der Waals surface area (Å²) >= 11 is 0. The van der Waals surface area contributed by atoms with Gasteiger partial charge < -0.3 is 15.0 Å². The first kappa shape index (κ1) is 19.6. The Morgan fingerprint density at radius 2 is 1.67 bits per heavy atom. The van der Waals surface area contributed by atoms with Crippen LogP contribution >= 0.6 is 0 Å². The zero-order valence-electron chi connectivity index (χ0n) is 15.6. The number of nitrogens with zero attached hydrogens (tertiary/aromatic N) is 1. The molecule has 0 bridgehead atoms. The Morgan fingerprint density at radius 3 is 2.33 bits per heavy atom. The molecule has 0 radical (unpaired) electrons. The minimum Gasteiger partial charge on any atom is -0.494 e. The van der Waals surface area contributed by atoms with Crippen LogP contribution in [0.25, 0.3) is 10.8 Å². The van der Waals surface area contributed by atoms with Crippen LogP contribution in [0, 0.1) is 0 Å². The summed E-state index contributed by atoms with van der Waals surface area (Å²) in [6.07, 6.45) is -2.67. The van der Waals surface area contributed by atoms with Crippen molar-refractivity contribution in [2.75, 3.05) is 5.32 Å². The van der Waals surface area contributed by atoms with Gasteiger partial charge in [0.2, 0.25) is 0 Å². The van der Waals surface area contributed by atoms with E-state index in [1.165, 1.54) is 0 Å². The number of anilines is 1. The number of carbonyl (C=O) groups is 1. The van der Waals surface area contributed by atoms with E-state index in [9.17, 15) is 23.1 Å². The molecule has 0 aliphatic rings. The maximum absolute atomic E-state index is 12.7. The van der Waals surface area contributed by atoms with Crippen molar-refractivity contribution in [1.29, 1.82) is 0 Å². The summed E-state index contributed by atoms with van der Waals surface area (Å²) in [4.78, 5) is 12.4. The lowest BCUT2D eigenvalue weighted by atomic mass is 10.1. The molecule has 4 aromatic rings. The molecular formula is C23H17F3N2O2. The summed E-state index contributed by atoms with van der Waals surface area (Å²) in [5.74, 6) is -0.398. The summed E-state index contributed by atoms with van der Waals surface area (Å²) in [6, 6.07) is 18.7. The van der Waals surface area contributed by atoms with Crippen molar-refractivity contribution < 1.29 is 23.1 Å². The lowest BCUT2D eigenvalue weighted by Crippen LogP contribution is -2.12. The second-order valence-corrected chi connectivity index (χ2v) is 6.90. The van der Waals surface area contributed by atoms with Crippen LogP contribution in [0.1, 0.15) is 21.5 Å². The van der Waals surface area contributed by atoms with Crippen LogP contribution < -0.4 is 5.32 Å². The Labute approximate surface area is 170 Å². The molecule has 1 aromatic heterocycles. The van der Waals surface area contributed by atoms with Gasteiger partial charge in [-0.25, -0.2) is 0 Å². The second-order valence-electron chi connectivity index (χ2n) is 6.90. The summed E-state index contributed by atoms with van der Waals surface area (Å²) in [6.45, 7) is 0.495. The van der Waals surface area contributed by atoms with E-state index in [1.54, 1.807) is 29.0 Å². The molecule has 0 unspecified atom stereocenters. The zero-order chi connectivity index (χ0) is 21.3. The van der Waals surface area contributed by atoms with Gasteiger partial charge in [-0.1, -0.05) is 30.3 Å². The number of aromatic nitrogens is 1. The molecule has 1 amide bonds. The number of halogens is 3. The highest BCUT2D eigenvalue weighted by atomic mass is 19.4. The molecule has 1 heterocycles. The van der Waals surface area contributed by atoms with E-state index in [4.69, 9.17) is 0 Å². The third-order valence-electron chi connectivity index (χ3n) is 4.79. The van der Waals surface area contributed by atoms with Gasteiger partial charge in [0, 0.05) is 28.2 Å². The van der Waals surface area contributed by atoms with Gasteiger partial charge in [0.25, 0.3) is 5.91 Å². The monoisotopic (exact) mass is 410 g/mol. The van der Waals surface area contributed by atoms with Crippen LogP contribution in [0.3, 0.4) is 0 Å². The summed E-state index contributed by atoms with van der Waals surface area (Å²) in [5.41, 5.74) is 0.816. The molecule has 0 spiro atoms. The first-order valence-corrected chi connectivity index (χ1v) is 9.16. The van der Waals surface area contributed by atoms with Crippen LogP contribution in [-0.2, 0) is 12.7 Å². The van der Waals surface area contributed by atoms with Crippen molar-refractivity contribution in [3.05, 3.63) is 95.7 Å². The quantitative estimate of drug-likeness (QED) is 0.456. The molecular weight excluding hydrogens is 393 g/mol. The third-order valence-corrected chi connectivity index (χ3v) is 4.79. The maximum Gasteiger partial charge on any atom is 0.416 e. The van der Waals surface area contributed by atoms with E-state index in [0.717, 1.165) is 35.2 Å². The highest BCUT2D eigenvalue weighted by Gasteiger charge is 2.30. The molecule has 0 fully saturated rings. The van der Waals surface area contributed by atoms with Gasteiger partial charge in [0.05, 0.1) is 12.1 Å². The number of alkyl halides is 3. The number of hydrogen-bond donors (Lipinski definition) is 2. The molecule has 2 N–H and O–H groups in total. The van der Waals surface area contributed by atoms with E-state index in [1.807, 2.05) is 30.3 Å². The lowest BCUT2D eigenvalue weighted by Gasteiger charge is -2.08. The molecule has 0 saturated carbocycles. The van der Waals surface area contributed by atoms with Crippen LogP contribution in [0.4, 0.5) is 18.9 Å². The van der Waals surface area contributed by atoms with E-state index in [-0.39, 0.29) is 11.4 Å². The Hall–Kier alpha value is -3.74. The van der Waals surface area contributed by atoms with Crippen LogP contribution in [0.2, 0.25) is 0 Å². The minimum absolute atomic E-state index is 0.118. The van der Waals surface area contributed by atoms with Gasteiger partial charge in [0.15, 0.2) is 5.88 Å². The number of rotatable bonds is 4. The smallest absolute Gasteiger partial charge is 0.416 e. The fraction of sp³-hybridized carbons (Fsp3) is 0.0870. The van der Waals surface area contributed by atoms with E-state index in [2.05, 4.69) is 5.32 Å². The first-order valence-electron chi connectivity index (χ1n) is 9.16. The van der Waals surface area contributed by atoms with Gasteiger partial charge in [-0.2, -0.15) is 13.2 Å². The van der Waals surface area contributed by atoms with Crippen LogP contribution in [0.5, 0.6) is 5.88 Å². The lowest BCUT2D eigenvalue weighted by molar-refractivity contribution is -0.137. The molecule has 4 rings (SSSR count). The van der Waals surface area contributed by atoms with Gasteiger partial charge >= 0.3 is 6.18 Å². The van der Waals surface area contributed by atoms with E-state index in [0.29, 0.717) is 17.6 Å². The van der Waals surface area contributed by atoms with Crippen LogP contribution in [0.15, 0.2) is 79.0 Å². The highest BCUT2D eigenvalue weighted by molar-refractivity contribution is 6.05. The van der Waals surface area contributed by atoms with Crippen molar-refractivity contribution in [1.82, 2.24) is 4.57 Å². The largest absolute Gasteiger partial charge is 0.494 e. The average Bonchev–Trinajstić information content (AvgIpc) is 3.03. The SMILES string of the molecule is O=C(Nc1ccc2c(O)n(Cc3ccccc3)cc2c1)c1ccc(C(F)(F)F)cc1. The van der Waals surface area contributed by atoms with Crippen molar-refractivity contribution in [3.63, 3.8) is 0 Å². The van der Waals surface area contributed by atoms with E-state index < -0.39 is 17.6 Å². The Kier molecular flexibility index (Phi) is 4.95. The Balaban J connectivity index is 1.54. The van der Waals surface area contributed by atoms with Crippen molar-refractivity contribution >= 4 is 22.4 Å². The minimum atomic E-state index is -4.45. The molecule has 7 heteroatoms. The van der Waals surface area contributed by atoms with E-state index >= 15 is 0 Å². The molecule has 3 aromatic carbocycles. The molecule has 152 valence electrons. The van der Waals surface area contributed by atoms with Crippen LogP contribution in [-0.4, -0.2) is 15.6 Å². The predicted octanol–water partition coefficient (Wildman–Crippen LogP) is 5.67. The average molecular weight is 410 g/mol. The topological polar surface area (TPSA) is 54.3 Å². The number of nitrogens with one attached hydrogen (secondary N) is 1. The zero-order valence-corrected chi connectivity index (χ0v) is 15.6. The molecule has 0 aliphatic carbocycles. The number of hydrogen-bond acceptors (Lipinski definition) is 2. The van der Waals surface area contributed by atoms with Gasteiger partial charge in [-0.05, 0) is 48.0 Å². The molecule has 30 heavy (non-hydrogen) atoms. The number of aromatic hydroxyl groups is 1. The number of fused-ring (bicyclic) bond motifs is 1. The maximum atomic E-state index is 12.7. The first-order chi connectivity index (χ1) is 14.3. The highest BCUT2D eigenvalue weighted by Crippen LogP contribution is 2.31. The van der Waals surface area contributed by atoms with Gasteiger partial charge in [0.1, 0.15) is 0 Å². The van der Waals surface area contributed by atoms with Gasteiger partial charge in [-0.3, -0.25) is 4.79 Å². The number of benzene rings is 3. The molecule has 0 saturated heterocycles. The summed E-state index contributed by atoms with van der Waals surface area (Å²) in [7, 11) is 0. The third kappa shape index (κ3) is 4.00. The molecule has 0 atom stereocenters. The van der Waals surface area contributed by atoms with Crippen molar-refractivity contribution in [2.45, 2.75) is 12.7 Å². The molecule has 4 nitrogen and oxygen atoms in total. The van der Waals surface area contributed by atoms with Crippen molar-refractivity contribution in [2.24, 2.45) is 0 Å². The standard InChI is InChI=1S/C23H17F3N2O2/c24-23(25,26)18-8-6-16(7-9-18)21(29)27-19-10-11-20-17(12-19)14-28(22(20)30)13-15-4-2-1-3-5-15/h1-12,14,30H,13H2,(H,27,29). The number of carbonyl (C=O) groups excluding carboxylic acids is 1. The fourth-order valence-electron chi connectivity index (χ4n) is 3.25. The Bertz CT molecular complexity index is 1200. The summed E-state index contributed by atoms with van der Waals surface area (Å²) in [5, 5.41) is 14.5. The Morgan fingerprint density at radius 1 is 0.967 bits per heavy atom. The van der Waals surface area contributed by atoms with Gasteiger partial charge in [-0.15, -0.1) is 0 Å². The summed E-state index contributed by atoms with van der Waals surface area (Å²) < 4.78 is 39.7. The second kappa shape index (κ2) is 7.59. The molecule has 0 aliphatic heterocycles. The normalized spacial score (nSPS) is 11.6. The number of amides is 1. The van der Waals surface area contributed by atoms with Crippen molar-refractivity contribution in [3.8, 4) is 5.88 Å². The predicted molar refractivity (Wildman–Crippen MR) is 109 cm³/mol.